The molecule has 7 aromatic carbocycles. The van der Waals surface area contributed by atoms with Gasteiger partial charge in [-0.05, 0) is 131 Å². The number of para-hydroxylation sites is 3. The normalized spacial score (nSPS) is 18.8. The molecule has 1 fully saturated rings. The second kappa shape index (κ2) is 12.7. The second-order valence-electron chi connectivity index (χ2n) is 15.4. The Morgan fingerprint density at radius 3 is 2.09 bits per heavy atom. The largest absolute Gasteiger partial charge is 0.310 e. The number of nitrogens with zero attached hydrogens (tertiary/aromatic N) is 2. The Kier molecular flexibility index (Phi) is 7.61. The Hall–Kier alpha value is -5.86. The summed E-state index contributed by atoms with van der Waals surface area (Å²) in [5.41, 5.74) is 15.6. The highest BCUT2D eigenvalue weighted by Gasteiger charge is 2.52. The van der Waals surface area contributed by atoms with Crippen LogP contribution in [0.5, 0.6) is 0 Å². The first kappa shape index (κ1) is 31.8. The van der Waals surface area contributed by atoms with Crippen molar-refractivity contribution in [2.45, 2.75) is 44.9 Å². The minimum absolute atomic E-state index is 0.0654. The molecule has 258 valence electrons. The lowest BCUT2D eigenvalue weighted by Gasteiger charge is -2.35. The van der Waals surface area contributed by atoms with E-state index in [0.717, 1.165) is 5.69 Å². The van der Waals surface area contributed by atoms with E-state index in [1.54, 1.807) is 5.56 Å². The quantitative estimate of drug-likeness (QED) is 0.162. The number of fused-ring (bicyclic) bond motifs is 8. The Morgan fingerprint density at radius 2 is 1.25 bits per heavy atom. The van der Waals surface area contributed by atoms with E-state index in [1.807, 2.05) is 0 Å². The van der Waals surface area contributed by atoms with E-state index in [-0.39, 0.29) is 5.41 Å². The van der Waals surface area contributed by atoms with Crippen LogP contribution in [0.15, 0.2) is 170 Å². The molecular weight excluding hydrogens is 641 g/mol. The van der Waals surface area contributed by atoms with Crippen molar-refractivity contribution in [1.82, 2.24) is 4.57 Å². The third-order valence-corrected chi connectivity index (χ3v) is 12.3. The average Bonchev–Trinajstić information content (AvgIpc) is 3.82. The Balaban J connectivity index is 1.12. The van der Waals surface area contributed by atoms with Crippen molar-refractivity contribution in [2.24, 2.45) is 11.8 Å². The first-order valence-corrected chi connectivity index (χ1v) is 19.4. The van der Waals surface area contributed by atoms with Gasteiger partial charge in [0.15, 0.2) is 0 Å². The number of hydrogen-bond acceptors (Lipinski definition) is 1. The minimum atomic E-state index is 0.0654. The maximum absolute atomic E-state index is 2.56. The third-order valence-electron chi connectivity index (χ3n) is 12.3. The summed E-state index contributed by atoms with van der Waals surface area (Å²) in [6.45, 7) is 4.83. The van der Waals surface area contributed by atoms with Crippen LogP contribution in [0.4, 0.5) is 17.1 Å². The van der Waals surface area contributed by atoms with Crippen LogP contribution < -0.4 is 4.90 Å². The fraction of sp³-hybridized carbons (Fsp3) is 0.176. The first-order chi connectivity index (χ1) is 26.1. The van der Waals surface area contributed by atoms with Crippen LogP contribution in [0.1, 0.15) is 50.7 Å². The van der Waals surface area contributed by atoms with Gasteiger partial charge in [-0.3, -0.25) is 0 Å². The van der Waals surface area contributed by atoms with Crippen LogP contribution in [0, 0.1) is 11.8 Å². The molecule has 2 nitrogen and oxygen atoms in total. The summed E-state index contributed by atoms with van der Waals surface area (Å²) in [5, 5.41) is 2.54. The molecule has 3 unspecified atom stereocenters. The fourth-order valence-electron chi connectivity index (χ4n) is 10.2. The van der Waals surface area contributed by atoms with Gasteiger partial charge >= 0.3 is 0 Å². The highest BCUT2D eigenvalue weighted by Crippen LogP contribution is 2.62. The van der Waals surface area contributed by atoms with Gasteiger partial charge in [0.1, 0.15) is 0 Å². The smallest absolute Gasteiger partial charge is 0.0541 e. The number of aromatic nitrogens is 1. The van der Waals surface area contributed by atoms with Gasteiger partial charge in [-0.2, -0.15) is 0 Å². The van der Waals surface area contributed by atoms with Gasteiger partial charge in [0, 0.05) is 38.9 Å². The standard InChI is InChI=1S/C51H44N2/c1-3-15-38-30-35(2)34-51(38)47-24-12-10-22-43(47)44-28-27-42(33-48(44)51)52(39-17-6-4-7-18-39)41-21-14-16-36(31-41)37-26-29-50-46(32-37)45-23-11-13-25-49(45)53(50)40-19-8-5-9-20-40/h4-14,16-29,31-33,35,38H,3,15,30,34H2,1-2H3. The van der Waals surface area contributed by atoms with Crippen LogP contribution in [-0.2, 0) is 5.41 Å². The SMILES string of the molecule is CCCC1CC(C)CC12c1ccccc1-c1ccc(N(c3ccccc3)c3cccc(-c4ccc5c(c4)c4ccccc4n5-c4ccccc4)c3)cc12. The van der Waals surface area contributed by atoms with Gasteiger partial charge in [0.05, 0.1) is 11.0 Å². The lowest BCUT2D eigenvalue weighted by Crippen LogP contribution is -2.30. The molecule has 2 aliphatic carbocycles. The summed E-state index contributed by atoms with van der Waals surface area (Å²) in [6, 6.07) is 63.1. The van der Waals surface area contributed by atoms with Crippen molar-refractivity contribution in [3.05, 3.63) is 181 Å². The molecule has 2 heteroatoms. The van der Waals surface area contributed by atoms with Gasteiger partial charge in [-0.25, -0.2) is 0 Å². The van der Waals surface area contributed by atoms with Crippen LogP contribution >= 0.6 is 0 Å². The topological polar surface area (TPSA) is 8.17 Å². The molecule has 1 saturated carbocycles. The zero-order valence-electron chi connectivity index (χ0n) is 30.5. The first-order valence-electron chi connectivity index (χ1n) is 19.4. The number of rotatable bonds is 7. The molecule has 8 aromatic rings. The minimum Gasteiger partial charge on any atom is -0.310 e. The molecular formula is C51H44N2. The molecule has 0 amide bonds. The molecule has 0 bridgehead atoms. The second-order valence-corrected chi connectivity index (χ2v) is 15.4. The van der Waals surface area contributed by atoms with Crippen LogP contribution in [-0.4, -0.2) is 4.57 Å². The van der Waals surface area contributed by atoms with E-state index < -0.39 is 0 Å². The van der Waals surface area contributed by atoms with E-state index in [1.165, 1.54) is 92.4 Å². The van der Waals surface area contributed by atoms with Crippen LogP contribution in [0.2, 0.25) is 0 Å². The van der Waals surface area contributed by atoms with E-state index in [9.17, 15) is 0 Å². The molecule has 3 atom stereocenters. The Morgan fingerprint density at radius 1 is 0.566 bits per heavy atom. The Bertz CT molecular complexity index is 2620. The van der Waals surface area contributed by atoms with E-state index >= 15 is 0 Å². The molecule has 1 heterocycles. The van der Waals surface area contributed by atoms with E-state index in [0.29, 0.717) is 11.8 Å². The highest BCUT2D eigenvalue weighted by atomic mass is 15.1. The van der Waals surface area contributed by atoms with Crippen LogP contribution in [0.3, 0.4) is 0 Å². The van der Waals surface area contributed by atoms with Gasteiger partial charge in [0.25, 0.3) is 0 Å². The van der Waals surface area contributed by atoms with Crippen molar-refractivity contribution >= 4 is 38.9 Å². The summed E-state index contributed by atoms with van der Waals surface area (Å²) in [7, 11) is 0. The van der Waals surface area contributed by atoms with E-state index in [4.69, 9.17) is 0 Å². The summed E-state index contributed by atoms with van der Waals surface area (Å²) in [5.74, 6) is 1.35. The molecule has 53 heavy (non-hydrogen) atoms. The molecule has 2 aliphatic rings. The third kappa shape index (κ3) is 5.00. The van der Waals surface area contributed by atoms with Crippen molar-refractivity contribution < 1.29 is 0 Å². The zero-order valence-corrected chi connectivity index (χ0v) is 30.5. The van der Waals surface area contributed by atoms with Crippen molar-refractivity contribution in [2.75, 3.05) is 4.90 Å². The van der Waals surface area contributed by atoms with Crippen LogP contribution in [0.25, 0.3) is 49.7 Å². The van der Waals surface area contributed by atoms with Gasteiger partial charge in [-0.1, -0.05) is 123 Å². The van der Waals surface area contributed by atoms with Gasteiger partial charge in [0.2, 0.25) is 0 Å². The molecule has 0 N–H and O–H groups in total. The van der Waals surface area contributed by atoms with E-state index in [2.05, 4.69) is 193 Å². The lowest BCUT2D eigenvalue weighted by molar-refractivity contribution is 0.355. The van der Waals surface area contributed by atoms with Crippen molar-refractivity contribution in [3.8, 4) is 27.9 Å². The number of benzene rings is 7. The Labute approximate surface area is 313 Å². The number of anilines is 3. The molecule has 0 aliphatic heterocycles. The summed E-state index contributed by atoms with van der Waals surface area (Å²) in [4.78, 5) is 2.47. The maximum atomic E-state index is 2.56. The predicted octanol–water partition coefficient (Wildman–Crippen LogP) is 14.0. The van der Waals surface area contributed by atoms with Gasteiger partial charge < -0.3 is 9.47 Å². The lowest BCUT2D eigenvalue weighted by atomic mass is 9.68. The maximum Gasteiger partial charge on any atom is 0.0541 e. The summed E-state index contributed by atoms with van der Waals surface area (Å²) in [6.07, 6.45) is 5.00. The summed E-state index contributed by atoms with van der Waals surface area (Å²) >= 11 is 0. The number of hydrogen-bond donors (Lipinski definition) is 0. The predicted molar refractivity (Wildman–Crippen MR) is 224 cm³/mol. The highest BCUT2D eigenvalue weighted by molar-refractivity contribution is 6.10. The molecule has 1 aromatic heterocycles. The molecule has 10 rings (SSSR count). The van der Waals surface area contributed by atoms with Crippen molar-refractivity contribution in [3.63, 3.8) is 0 Å². The molecule has 1 spiro atoms. The monoisotopic (exact) mass is 684 g/mol. The molecule has 0 radical (unpaired) electrons. The molecule has 0 saturated heterocycles. The van der Waals surface area contributed by atoms with Gasteiger partial charge in [-0.15, -0.1) is 0 Å². The van der Waals surface area contributed by atoms with Crippen molar-refractivity contribution in [1.29, 1.82) is 0 Å². The zero-order chi connectivity index (χ0) is 35.5. The average molecular weight is 685 g/mol. The summed E-state index contributed by atoms with van der Waals surface area (Å²) < 4.78 is 2.39. The fourth-order valence-corrected chi connectivity index (χ4v) is 10.2.